The molecule has 2 fully saturated rings. The van der Waals surface area contributed by atoms with Crippen molar-refractivity contribution in [3.8, 4) is 0 Å². The van der Waals surface area contributed by atoms with Crippen molar-refractivity contribution in [2.24, 2.45) is 11.8 Å². The van der Waals surface area contributed by atoms with Gasteiger partial charge in [-0.2, -0.15) is 0 Å². The number of carbonyl (C=O) groups is 7. The first-order valence-electron chi connectivity index (χ1n) is 20.6. The van der Waals surface area contributed by atoms with E-state index in [1.165, 1.54) is 4.90 Å². The number of aryl methyl sites for hydroxylation is 1. The van der Waals surface area contributed by atoms with Gasteiger partial charge in [0.1, 0.15) is 30.1 Å². The number of amides is 6. The maximum atomic E-state index is 14.5. The molecule has 3 aliphatic rings. The zero-order valence-corrected chi connectivity index (χ0v) is 34.1. The molecule has 58 heavy (non-hydrogen) atoms. The number of fused-ring (bicyclic) bond motifs is 1. The van der Waals surface area contributed by atoms with Crippen LogP contribution in [0, 0.1) is 11.8 Å². The van der Waals surface area contributed by atoms with Crippen molar-refractivity contribution < 1.29 is 38.3 Å². The first-order valence-corrected chi connectivity index (χ1v) is 20.6. The van der Waals surface area contributed by atoms with Crippen LogP contribution in [-0.4, -0.2) is 121 Å². The predicted molar refractivity (Wildman–Crippen MR) is 209 cm³/mol. The molecule has 18 nitrogen and oxygen atoms in total. The van der Waals surface area contributed by atoms with Crippen LogP contribution in [-0.2, 0) is 52.9 Å². The van der Waals surface area contributed by atoms with Gasteiger partial charge in [0.2, 0.25) is 29.4 Å². The number of hydrogen-bond acceptors (Lipinski definition) is 11. The number of rotatable bonds is 19. The lowest BCUT2D eigenvalue weighted by molar-refractivity contribution is -0.144. The first kappa shape index (κ1) is 43.7. The van der Waals surface area contributed by atoms with Gasteiger partial charge in [-0.05, 0) is 71.9 Å². The molecule has 1 unspecified atom stereocenters. The number of carbonyl (C=O) groups excluding carboxylic acids is 7. The van der Waals surface area contributed by atoms with Crippen molar-refractivity contribution in [3.05, 3.63) is 41.2 Å². The Morgan fingerprint density at radius 1 is 0.931 bits per heavy atom. The monoisotopic (exact) mass is 806 g/mol. The lowest BCUT2D eigenvalue weighted by Gasteiger charge is -2.32. The molecule has 5 rings (SSSR count). The molecule has 6 amide bonds. The molecule has 18 heteroatoms. The summed E-state index contributed by atoms with van der Waals surface area (Å²) in [5.74, 6) is -3.85. The highest BCUT2D eigenvalue weighted by Gasteiger charge is 2.46. The Morgan fingerprint density at radius 3 is 2.31 bits per heavy atom. The molecule has 5 atom stereocenters. The van der Waals surface area contributed by atoms with E-state index in [1.54, 1.807) is 32.6 Å². The van der Waals surface area contributed by atoms with Gasteiger partial charge in [-0.3, -0.25) is 28.8 Å². The molecule has 1 aliphatic carbocycles. The average Bonchev–Trinajstić information content (AvgIpc) is 3.66. The number of tetrazole rings is 1. The van der Waals surface area contributed by atoms with E-state index >= 15 is 0 Å². The van der Waals surface area contributed by atoms with E-state index in [0.29, 0.717) is 51.0 Å². The van der Waals surface area contributed by atoms with Crippen LogP contribution in [0.4, 0.5) is 4.79 Å². The average molecular weight is 807 g/mol. The molecule has 3 heterocycles. The Kier molecular flexibility index (Phi) is 15.3. The summed E-state index contributed by atoms with van der Waals surface area (Å²) in [7, 11) is 0. The van der Waals surface area contributed by atoms with Crippen LogP contribution < -0.4 is 21.3 Å². The number of nitrogens with zero attached hydrogens (tertiary/aromatic N) is 5. The second kappa shape index (κ2) is 20.3. The molecule has 2 aromatic rings. The Hall–Kier alpha value is -5.42. The van der Waals surface area contributed by atoms with E-state index in [0.717, 1.165) is 24.0 Å². The highest BCUT2D eigenvalue weighted by Crippen LogP contribution is 2.26. The Bertz CT molecular complexity index is 1780. The van der Waals surface area contributed by atoms with Crippen LogP contribution in [0.1, 0.15) is 103 Å². The number of H-pyrrole nitrogens is 1. The summed E-state index contributed by atoms with van der Waals surface area (Å²) in [5, 5.41) is 24.6. The normalized spacial score (nSPS) is 19.2. The van der Waals surface area contributed by atoms with Gasteiger partial charge in [0.05, 0.1) is 12.6 Å². The van der Waals surface area contributed by atoms with Crippen LogP contribution in [0.25, 0.3) is 0 Å². The van der Waals surface area contributed by atoms with E-state index in [9.17, 15) is 33.6 Å². The van der Waals surface area contributed by atoms with Crippen molar-refractivity contribution in [1.82, 2.24) is 51.7 Å². The topological polar surface area (TPSA) is 238 Å². The minimum absolute atomic E-state index is 0.0539. The molecule has 0 spiro atoms. The van der Waals surface area contributed by atoms with Gasteiger partial charge >= 0.3 is 6.09 Å². The number of ether oxygens (including phenoxy) is 1. The van der Waals surface area contributed by atoms with Gasteiger partial charge in [0.25, 0.3) is 5.91 Å². The number of aromatic nitrogens is 4. The van der Waals surface area contributed by atoms with Crippen molar-refractivity contribution in [3.63, 3.8) is 0 Å². The minimum Gasteiger partial charge on any atom is -0.444 e. The maximum absolute atomic E-state index is 14.5. The third-order valence-electron chi connectivity index (χ3n) is 10.8. The zero-order valence-electron chi connectivity index (χ0n) is 34.1. The summed E-state index contributed by atoms with van der Waals surface area (Å²) in [5.41, 5.74) is 2.16. The molecule has 1 aromatic carbocycles. The fourth-order valence-electron chi connectivity index (χ4n) is 7.29. The SMILES string of the molecule is CCCC(NC(=O)[C@@H]1C[C@@H](OC(=O)N2CCc3ccccc3C2)CN1C(=O)[C@@H](NC(=O)[C@H](NC(=O)CCCCc1nnn[nH]1)C(C)C)C(C)C)C(=O)C(=O)NC1CC1. The molecule has 1 aromatic heterocycles. The third kappa shape index (κ3) is 11.8. The first-order chi connectivity index (χ1) is 27.7. The molecular weight excluding hydrogens is 749 g/mol. The van der Waals surface area contributed by atoms with Gasteiger partial charge in [-0.15, -0.1) is 5.10 Å². The molecule has 5 N–H and O–H groups in total. The largest absolute Gasteiger partial charge is 0.444 e. The lowest BCUT2D eigenvalue weighted by Crippen LogP contribution is -2.59. The molecule has 0 bridgehead atoms. The van der Waals surface area contributed by atoms with Crippen molar-refractivity contribution >= 4 is 41.4 Å². The Morgan fingerprint density at radius 2 is 1.66 bits per heavy atom. The summed E-state index contributed by atoms with van der Waals surface area (Å²) in [4.78, 5) is 97.7. The zero-order chi connectivity index (χ0) is 41.9. The Labute approximate surface area is 338 Å². The highest BCUT2D eigenvalue weighted by molar-refractivity contribution is 6.38. The van der Waals surface area contributed by atoms with Gasteiger partial charge in [-0.1, -0.05) is 65.3 Å². The molecule has 1 saturated heterocycles. The quantitative estimate of drug-likeness (QED) is 0.101. The number of hydrogen-bond donors (Lipinski definition) is 5. The lowest BCUT2D eigenvalue weighted by atomic mass is 9.98. The number of nitrogens with one attached hydrogen (secondary N) is 5. The van der Waals surface area contributed by atoms with E-state index in [2.05, 4.69) is 41.9 Å². The molecule has 2 aliphatic heterocycles. The highest BCUT2D eigenvalue weighted by atomic mass is 16.6. The van der Waals surface area contributed by atoms with E-state index in [4.69, 9.17) is 4.74 Å². The molecule has 316 valence electrons. The number of Topliss-reactive ketones (excluding diaryl/α,β-unsaturated/α-hetero) is 1. The van der Waals surface area contributed by atoms with E-state index in [1.807, 2.05) is 31.2 Å². The second-order valence-corrected chi connectivity index (χ2v) is 16.2. The maximum Gasteiger partial charge on any atom is 0.410 e. The number of ketones is 1. The van der Waals surface area contributed by atoms with Crippen LogP contribution in [0.3, 0.4) is 0 Å². The standard InChI is InChI=1S/C40H58N10O8/c1-6-11-29(35(52)38(55)41-27-16-17-27)42-36(53)30-20-28(58-40(57)49-19-18-25-12-7-8-13-26(25)21-49)22-50(30)39(56)34(24(4)5)44-37(54)33(23(2)3)43-32(51)15-10-9-14-31-45-47-48-46-31/h7-8,12-13,23-24,27-30,33-34H,6,9-11,14-22H2,1-5H3,(H,41,55)(H,42,53)(H,43,51)(H,44,54)(H,45,46,47,48)/t28-,29?,30+,33-,34+/m1/s1. The van der Waals surface area contributed by atoms with Gasteiger partial charge < -0.3 is 35.8 Å². The van der Waals surface area contributed by atoms with Crippen LogP contribution in [0.15, 0.2) is 24.3 Å². The molecule has 1 saturated carbocycles. The van der Waals surface area contributed by atoms with E-state index in [-0.39, 0.29) is 43.7 Å². The number of likely N-dealkylation sites (tertiary alicyclic amines) is 1. The second-order valence-electron chi connectivity index (χ2n) is 16.2. The van der Waals surface area contributed by atoms with Crippen LogP contribution >= 0.6 is 0 Å². The third-order valence-corrected chi connectivity index (χ3v) is 10.8. The Balaban J connectivity index is 1.29. The minimum atomic E-state index is -1.18. The van der Waals surface area contributed by atoms with Crippen molar-refractivity contribution in [1.29, 1.82) is 0 Å². The summed E-state index contributed by atoms with van der Waals surface area (Å²) in [6, 6.07) is 3.40. The summed E-state index contributed by atoms with van der Waals surface area (Å²) < 4.78 is 5.95. The van der Waals surface area contributed by atoms with E-state index < -0.39 is 71.7 Å². The summed E-state index contributed by atoms with van der Waals surface area (Å²) >= 11 is 0. The predicted octanol–water partition coefficient (Wildman–Crippen LogP) is 1.49. The fraction of sp³-hybridized carbons (Fsp3) is 0.650. The summed E-state index contributed by atoms with van der Waals surface area (Å²) in [6.45, 7) is 9.55. The summed E-state index contributed by atoms with van der Waals surface area (Å²) in [6.07, 6.45) is 3.33. The number of unbranched alkanes of at least 4 members (excludes halogenated alkanes) is 1. The molecular formula is C40H58N10O8. The van der Waals surface area contributed by atoms with Crippen molar-refractivity contribution in [2.45, 2.75) is 142 Å². The molecule has 0 radical (unpaired) electrons. The van der Waals surface area contributed by atoms with Crippen LogP contribution in [0.5, 0.6) is 0 Å². The van der Waals surface area contributed by atoms with Gasteiger partial charge in [-0.25, -0.2) is 9.89 Å². The van der Waals surface area contributed by atoms with Gasteiger partial charge in [0, 0.05) is 38.4 Å². The smallest absolute Gasteiger partial charge is 0.410 e. The number of aromatic amines is 1. The van der Waals surface area contributed by atoms with Crippen LogP contribution in [0.2, 0.25) is 0 Å². The number of benzene rings is 1. The van der Waals surface area contributed by atoms with Gasteiger partial charge in [0.15, 0.2) is 0 Å². The fourth-order valence-corrected chi connectivity index (χ4v) is 7.29. The van der Waals surface area contributed by atoms with Crippen molar-refractivity contribution in [2.75, 3.05) is 13.1 Å².